The van der Waals surface area contributed by atoms with E-state index in [2.05, 4.69) is 5.32 Å². The first-order valence-corrected chi connectivity index (χ1v) is 5.66. The van der Waals surface area contributed by atoms with Crippen LogP contribution in [0.1, 0.15) is 27.2 Å². The first-order valence-electron chi connectivity index (χ1n) is 5.66. The minimum absolute atomic E-state index is 0.0349. The average Bonchev–Trinajstić information content (AvgIpc) is 2.12. The average molecular weight is 258 g/mol. The maximum absolute atomic E-state index is 11.6. The number of esters is 1. The standard InChI is InChI=1S/C11H18N2O5/c1-11(2,3)18-9(15)4-7-5-13(10(16)17)6-8(14)12-7/h7H,4-6H2,1-3H3,(H,12,14)(H,16,17)/t7-/m0/s1. The SMILES string of the molecule is CC(C)(C)OC(=O)C[C@H]1CN(C(=O)O)CC(=O)N1. The summed E-state index contributed by atoms with van der Waals surface area (Å²) in [6.45, 7) is 5.14. The summed E-state index contributed by atoms with van der Waals surface area (Å²) >= 11 is 0. The van der Waals surface area contributed by atoms with Crippen LogP contribution in [0.3, 0.4) is 0 Å². The van der Waals surface area contributed by atoms with Gasteiger partial charge in [0, 0.05) is 6.54 Å². The van der Waals surface area contributed by atoms with Crippen LogP contribution in [0.25, 0.3) is 0 Å². The number of piperazine rings is 1. The molecule has 1 aliphatic heterocycles. The molecular weight excluding hydrogens is 240 g/mol. The van der Waals surface area contributed by atoms with Crippen LogP contribution in [0.15, 0.2) is 0 Å². The number of carboxylic acid groups (broad SMARTS) is 1. The predicted molar refractivity (Wildman–Crippen MR) is 62.0 cm³/mol. The van der Waals surface area contributed by atoms with Gasteiger partial charge in [0.05, 0.1) is 12.5 Å². The van der Waals surface area contributed by atoms with Gasteiger partial charge < -0.3 is 15.2 Å². The van der Waals surface area contributed by atoms with E-state index in [1.165, 1.54) is 0 Å². The highest BCUT2D eigenvalue weighted by molar-refractivity contribution is 5.84. The molecule has 1 atom stereocenters. The zero-order valence-corrected chi connectivity index (χ0v) is 10.7. The number of hydrogen-bond acceptors (Lipinski definition) is 4. The van der Waals surface area contributed by atoms with Crippen LogP contribution in [0.2, 0.25) is 0 Å². The second-order valence-corrected chi connectivity index (χ2v) is 5.22. The van der Waals surface area contributed by atoms with Gasteiger partial charge in [0.1, 0.15) is 12.1 Å². The van der Waals surface area contributed by atoms with E-state index < -0.39 is 29.6 Å². The highest BCUT2D eigenvalue weighted by Crippen LogP contribution is 2.11. The van der Waals surface area contributed by atoms with Gasteiger partial charge in [-0.25, -0.2) is 4.79 Å². The molecule has 2 N–H and O–H groups in total. The Balaban J connectivity index is 2.54. The summed E-state index contributed by atoms with van der Waals surface area (Å²) in [5, 5.41) is 11.4. The lowest BCUT2D eigenvalue weighted by Gasteiger charge is -2.31. The van der Waals surface area contributed by atoms with Gasteiger partial charge in [-0.15, -0.1) is 0 Å². The maximum atomic E-state index is 11.6. The van der Waals surface area contributed by atoms with Crippen molar-refractivity contribution in [3.8, 4) is 0 Å². The van der Waals surface area contributed by atoms with Gasteiger partial charge >= 0.3 is 12.1 Å². The fraction of sp³-hybridized carbons (Fsp3) is 0.727. The van der Waals surface area contributed by atoms with Gasteiger partial charge in [0.15, 0.2) is 0 Å². The van der Waals surface area contributed by atoms with Crippen molar-refractivity contribution in [3.05, 3.63) is 0 Å². The third-order valence-corrected chi connectivity index (χ3v) is 2.24. The highest BCUT2D eigenvalue weighted by atomic mass is 16.6. The summed E-state index contributed by atoms with van der Waals surface area (Å²) < 4.78 is 5.12. The highest BCUT2D eigenvalue weighted by Gasteiger charge is 2.30. The van der Waals surface area contributed by atoms with Crippen LogP contribution in [0.4, 0.5) is 4.79 Å². The van der Waals surface area contributed by atoms with E-state index >= 15 is 0 Å². The van der Waals surface area contributed by atoms with E-state index in [-0.39, 0.29) is 19.5 Å². The van der Waals surface area contributed by atoms with Crippen LogP contribution in [0.5, 0.6) is 0 Å². The molecule has 1 fully saturated rings. The molecule has 102 valence electrons. The second-order valence-electron chi connectivity index (χ2n) is 5.22. The molecule has 7 nitrogen and oxygen atoms in total. The first kappa shape index (κ1) is 14.3. The van der Waals surface area contributed by atoms with Crippen LogP contribution < -0.4 is 5.32 Å². The van der Waals surface area contributed by atoms with E-state index in [0.717, 1.165) is 4.90 Å². The van der Waals surface area contributed by atoms with Crippen molar-refractivity contribution in [3.63, 3.8) is 0 Å². The number of nitrogens with zero attached hydrogens (tertiary/aromatic N) is 1. The minimum atomic E-state index is -1.17. The van der Waals surface area contributed by atoms with Crippen molar-refractivity contribution in [1.29, 1.82) is 0 Å². The number of carbonyl (C=O) groups is 3. The van der Waals surface area contributed by atoms with E-state index in [9.17, 15) is 14.4 Å². The molecule has 7 heteroatoms. The molecule has 0 aromatic rings. The van der Waals surface area contributed by atoms with Crippen molar-refractivity contribution in [1.82, 2.24) is 10.2 Å². The van der Waals surface area contributed by atoms with Crippen molar-refractivity contribution < 1.29 is 24.2 Å². The normalized spacial score (nSPS) is 20.3. The lowest BCUT2D eigenvalue weighted by Crippen LogP contribution is -2.56. The van der Waals surface area contributed by atoms with Crippen molar-refractivity contribution in [2.45, 2.75) is 38.8 Å². The van der Waals surface area contributed by atoms with E-state index in [1.807, 2.05) is 0 Å². The molecule has 0 unspecified atom stereocenters. The van der Waals surface area contributed by atoms with E-state index in [0.29, 0.717) is 0 Å². The first-order chi connectivity index (χ1) is 8.17. The van der Waals surface area contributed by atoms with Crippen molar-refractivity contribution >= 4 is 18.0 Å². The van der Waals surface area contributed by atoms with Crippen LogP contribution >= 0.6 is 0 Å². The predicted octanol–water partition coefficient (Wildman–Crippen LogP) is 0.197. The lowest BCUT2D eigenvalue weighted by atomic mass is 10.1. The van der Waals surface area contributed by atoms with Gasteiger partial charge in [-0.05, 0) is 20.8 Å². The molecule has 18 heavy (non-hydrogen) atoms. The van der Waals surface area contributed by atoms with E-state index in [4.69, 9.17) is 9.84 Å². The third kappa shape index (κ3) is 4.60. The Morgan fingerprint density at radius 1 is 1.50 bits per heavy atom. The van der Waals surface area contributed by atoms with Crippen LogP contribution in [-0.2, 0) is 14.3 Å². The summed E-state index contributed by atoms with van der Waals surface area (Å²) in [5.41, 5.74) is -0.595. The molecule has 1 heterocycles. The van der Waals surface area contributed by atoms with Gasteiger partial charge in [-0.3, -0.25) is 14.5 Å². The molecule has 0 spiro atoms. The molecular formula is C11H18N2O5. The number of nitrogens with one attached hydrogen (secondary N) is 1. The summed E-state index contributed by atoms with van der Waals surface area (Å²) in [6, 6.07) is -0.530. The molecule has 1 aliphatic rings. The maximum Gasteiger partial charge on any atom is 0.407 e. The summed E-state index contributed by atoms with van der Waals surface area (Å²) in [6.07, 6.45) is -1.20. The Kier molecular flexibility index (Phi) is 4.15. The Labute approximate surface area is 105 Å². The van der Waals surface area contributed by atoms with Gasteiger partial charge in [0.25, 0.3) is 0 Å². The number of hydrogen-bond donors (Lipinski definition) is 2. The molecule has 0 aromatic carbocycles. The number of ether oxygens (including phenoxy) is 1. The minimum Gasteiger partial charge on any atom is -0.465 e. The quantitative estimate of drug-likeness (QED) is 0.690. The molecule has 0 aliphatic carbocycles. The smallest absolute Gasteiger partial charge is 0.407 e. The molecule has 0 saturated carbocycles. The third-order valence-electron chi connectivity index (χ3n) is 2.24. The van der Waals surface area contributed by atoms with Crippen LogP contribution in [0, 0.1) is 0 Å². The lowest BCUT2D eigenvalue weighted by molar-refractivity contribution is -0.155. The Bertz CT molecular complexity index is 361. The molecule has 0 radical (unpaired) electrons. The zero-order valence-electron chi connectivity index (χ0n) is 10.7. The van der Waals surface area contributed by atoms with Gasteiger partial charge in [-0.1, -0.05) is 0 Å². The largest absolute Gasteiger partial charge is 0.465 e. The molecule has 1 rings (SSSR count). The molecule has 0 aromatic heterocycles. The van der Waals surface area contributed by atoms with Gasteiger partial charge in [0.2, 0.25) is 5.91 Å². The van der Waals surface area contributed by atoms with Crippen molar-refractivity contribution in [2.75, 3.05) is 13.1 Å². The monoisotopic (exact) mass is 258 g/mol. The number of amides is 2. The molecule has 2 amide bonds. The summed E-state index contributed by atoms with van der Waals surface area (Å²) in [7, 11) is 0. The fourth-order valence-electron chi connectivity index (χ4n) is 1.67. The van der Waals surface area contributed by atoms with Crippen LogP contribution in [-0.4, -0.2) is 52.7 Å². The molecule has 1 saturated heterocycles. The Morgan fingerprint density at radius 2 is 2.11 bits per heavy atom. The number of rotatable bonds is 2. The zero-order chi connectivity index (χ0) is 13.9. The Hall–Kier alpha value is -1.79. The van der Waals surface area contributed by atoms with Gasteiger partial charge in [-0.2, -0.15) is 0 Å². The second kappa shape index (κ2) is 5.24. The molecule has 0 bridgehead atoms. The summed E-state index contributed by atoms with van der Waals surface area (Å²) in [5.74, 6) is -0.864. The fourth-order valence-corrected chi connectivity index (χ4v) is 1.67. The van der Waals surface area contributed by atoms with Crippen molar-refractivity contribution in [2.24, 2.45) is 0 Å². The van der Waals surface area contributed by atoms with E-state index in [1.54, 1.807) is 20.8 Å². The topological polar surface area (TPSA) is 95.9 Å². The Morgan fingerprint density at radius 3 is 2.61 bits per heavy atom. The number of carbonyl (C=O) groups excluding carboxylic acids is 2. The summed E-state index contributed by atoms with van der Waals surface area (Å²) in [4.78, 5) is 34.6.